The maximum atomic E-state index is 12.2. The summed E-state index contributed by atoms with van der Waals surface area (Å²) in [5.41, 5.74) is 5.73. The van der Waals surface area contributed by atoms with Crippen LogP contribution in [0, 0.1) is 5.41 Å². The summed E-state index contributed by atoms with van der Waals surface area (Å²) >= 11 is 0. The molecule has 0 radical (unpaired) electrons. The predicted molar refractivity (Wildman–Crippen MR) is 80.0 cm³/mol. The fourth-order valence-electron chi connectivity index (χ4n) is 2.75. The number of hydrogen-bond acceptors (Lipinski definition) is 3. The number of primary amides is 1. The van der Waals surface area contributed by atoms with Crippen molar-refractivity contribution in [3.63, 3.8) is 0 Å². The van der Waals surface area contributed by atoms with Gasteiger partial charge in [-0.15, -0.1) is 0 Å². The molecule has 1 aromatic rings. The topological polar surface area (TPSA) is 81.4 Å². The van der Waals surface area contributed by atoms with E-state index in [9.17, 15) is 9.59 Å². The largest absolute Gasteiger partial charge is 0.378 e. The molecule has 0 saturated heterocycles. The van der Waals surface area contributed by atoms with E-state index in [0.717, 1.165) is 6.42 Å². The summed E-state index contributed by atoms with van der Waals surface area (Å²) in [6, 6.07) is 6.39. The third kappa shape index (κ3) is 2.53. The van der Waals surface area contributed by atoms with Crippen LogP contribution in [-0.2, 0) is 4.74 Å². The Morgan fingerprint density at radius 3 is 2.14 bits per heavy atom. The lowest BCUT2D eigenvalue weighted by atomic mass is 9.56. The van der Waals surface area contributed by atoms with E-state index in [2.05, 4.69) is 26.1 Å². The van der Waals surface area contributed by atoms with Crippen LogP contribution >= 0.6 is 0 Å². The van der Waals surface area contributed by atoms with E-state index in [4.69, 9.17) is 10.5 Å². The van der Waals surface area contributed by atoms with Crippen molar-refractivity contribution in [3.05, 3.63) is 35.4 Å². The van der Waals surface area contributed by atoms with Gasteiger partial charge in [-0.2, -0.15) is 0 Å². The monoisotopic (exact) mass is 290 g/mol. The average Bonchev–Trinajstić information content (AvgIpc) is 2.46. The lowest BCUT2D eigenvalue weighted by Crippen LogP contribution is -2.68. The fourth-order valence-corrected chi connectivity index (χ4v) is 2.75. The molecule has 1 saturated carbocycles. The summed E-state index contributed by atoms with van der Waals surface area (Å²) in [6.07, 6.45) is 0.779. The van der Waals surface area contributed by atoms with Crippen molar-refractivity contribution in [1.82, 2.24) is 5.32 Å². The average molecular weight is 290 g/mol. The quantitative estimate of drug-likeness (QED) is 0.886. The van der Waals surface area contributed by atoms with Crippen molar-refractivity contribution in [2.24, 2.45) is 11.1 Å². The first kappa shape index (κ1) is 15.5. The predicted octanol–water partition coefficient (Wildman–Crippen LogP) is 1.72. The Kier molecular flexibility index (Phi) is 3.80. The van der Waals surface area contributed by atoms with Gasteiger partial charge in [0.1, 0.15) is 0 Å². The van der Waals surface area contributed by atoms with Crippen LogP contribution in [0.3, 0.4) is 0 Å². The van der Waals surface area contributed by atoms with E-state index in [1.807, 2.05) is 0 Å². The number of rotatable bonds is 4. The number of nitrogens with one attached hydrogen (secondary N) is 1. The Hall–Kier alpha value is -1.88. The van der Waals surface area contributed by atoms with Crippen LogP contribution in [0.4, 0.5) is 0 Å². The van der Waals surface area contributed by atoms with Crippen molar-refractivity contribution in [3.8, 4) is 0 Å². The van der Waals surface area contributed by atoms with Crippen LogP contribution in [0.25, 0.3) is 0 Å². The van der Waals surface area contributed by atoms with Gasteiger partial charge >= 0.3 is 0 Å². The van der Waals surface area contributed by atoms with Gasteiger partial charge in [0, 0.05) is 29.7 Å². The van der Waals surface area contributed by atoms with Crippen molar-refractivity contribution in [2.75, 3.05) is 7.11 Å². The minimum Gasteiger partial charge on any atom is -0.378 e. The summed E-state index contributed by atoms with van der Waals surface area (Å²) in [4.78, 5) is 23.3. The van der Waals surface area contributed by atoms with Crippen LogP contribution < -0.4 is 11.1 Å². The maximum absolute atomic E-state index is 12.2. The van der Waals surface area contributed by atoms with E-state index >= 15 is 0 Å². The number of ether oxygens (including phenoxy) is 1. The molecule has 0 aromatic heterocycles. The van der Waals surface area contributed by atoms with Crippen molar-refractivity contribution in [1.29, 1.82) is 0 Å². The molecule has 21 heavy (non-hydrogen) atoms. The third-order valence-electron chi connectivity index (χ3n) is 5.02. The molecular weight excluding hydrogens is 268 g/mol. The Balaban J connectivity index is 2.05. The standard InChI is InChI=1S/C16H22N2O3/c1-15(2)12(9-16(15,3)21-4)18-14(20)11-7-5-10(6-8-11)13(17)19/h5-8,12H,9H2,1-4H3,(H2,17,19)(H,18,20)/t12-,16+/m1/s1. The molecule has 2 atom stereocenters. The molecule has 5 nitrogen and oxygen atoms in total. The summed E-state index contributed by atoms with van der Waals surface area (Å²) < 4.78 is 5.55. The smallest absolute Gasteiger partial charge is 0.251 e. The van der Waals surface area contributed by atoms with Gasteiger partial charge in [0.25, 0.3) is 5.91 Å². The molecule has 3 N–H and O–H groups in total. The molecule has 0 bridgehead atoms. The highest BCUT2D eigenvalue weighted by molar-refractivity contribution is 5.97. The molecule has 0 heterocycles. The number of amides is 2. The van der Waals surface area contributed by atoms with Crippen LogP contribution in [-0.4, -0.2) is 30.6 Å². The molecule has 0 spiro atoms. The van der Waals surface area contributed by atoms with Crippen molar-refractivity contribution in [2.45, 2.75) is 38.8 Å². The van der Waals surface area contributed by atoms with Crippen LogP contribution in [0.15, 0.2) is 24.3 Å². The number of carbonyl (C=O) groups is 2. The first-order valence-electron chi connectivity index (χ1n) is 6.97. The molecule has 2 rings (SSSR count). The summed E-state index contributed by atoms with van der Waals surface area (Å²) in [5.74, 6) is -0.653. The Morgan fingerprint density at radius 2 is 1.71 bits per heavy atom. The summed E-state index contributed by atoms with van der Waals surface area (Å²) in [7, 11) is 1.70. The second kappa shape index (κ2) is 5.15. The molecule has 1 aromatic carbocycles. The Bertz CT molecular complexity index is 565. The van der Waals surface area contributed by atoms with Gasteiger partial charge in [-0.25, -0.2) is 0 Å². The van der Waals surface area contributed by atoms with E-state index in [-0.39, 0.29) is 23.0 Å². The second-order valence-corrected chi connectivity index (χ2v) is 6.33. The van der Waals surface area contributed by atoms with Gasteiger partial charge < -0.3 is 15.8 Å². The van der Waals surface area contributed by atoms with Gasteiger partial charge in [0.05, 0.1) is 5.60 Å². The zero-order valence-electron chi connectivity index (χ0n) is 12.9. The van der Waals surface area contributed by atoms with Gasteiger partial charge in [-0.05, 0) is 37.6 Å². The summed E-state index contributed by atoms with van der Waals surface area (Å²) in [5, 5.41) is 3.03. The van der Waals surface area contributed by atoms with E-state index in [1.165, 1.54) is 0 Å². The molecule has 1 aliphatic rings. The minimum absolute atomic E-state index is 0.0609. The van der Waals surface area contributed by atoms with E-state index < -0.39 is 5.91 Å². The third-order valence-corrected chi connectivity index (χ3v) is 5.02. The van der Waals surface area contributed by atoms with Crippen LogP contribution in [0.2, 0.25) is 0 Å². The van der Waals surface area contributed by atoms with Crippen molar-refractivity contribution >= 4 is 11.8 Å². The van der Waals surface area contributed by atoms with Gasteiger partial charge in [0.2, 0.25) is 5.91 Å². The van der Waals surface area contributed by atoms with Crippen LogP contribution in [0.5, 0.6) is 0 Å². The molecule has 1 aliphatic carbocycles. The SMILES string of the molecule is CO[C@@]1(C)C[C@@H](NC(=O)c2ccc(C(N)=O)cc2)C1(C)C. The number of nitrogens with two attached hydrogens (primary N) is 1. The molecule has 1 fully saturated rings. The lowest BCUT2D eigenvalue weighted by Gasteiger charge is -2.59. The van der Waals surface area contributed by atoms with Crippen LogP contribution in [0.1, 0.15) is 47.9 Å². The first-order valence-corrected chi connectivity index (χ1v) is 6.97. The summed E-state index contributed by atoms with van der Waals surface area (Å²) in [6.45, 7) is 6.22. The van der Waals surface area contributed by atoms with Gasteiger partial charge in [-0.1, -0.05) is 13.8 Å². The zero-order chi connectivity index (χ0) is 15.8. The fraction of sp³-hybridized carbons (Fsp3) is 0.500. The Labute approximate surface area is 124 Å². The molecular formula is C16H22N2O3. The number of carbonyl (C=O) groups excluding carboxylic acids is 2. The number of methoxy groups -OCH3 is 1. The first-order chi connectivity index (χ1) is 9.71. The van der Waals surface area contributed by atoms with Gasteiger partial charge in [-0.3, -0.25) is 9.59 Å². The maximum Gasteiger partial charge on any atom is 0.251 e. The normalized spacial score (nSPS) is 26.8. The number of hydrogen-bond donors (Lipinski definition) is 2. The Morgan fingerprint density at radius 1 is 1.19 bits per heavy atom. The van der Waals surface area contributed by atoms with Gasteiger partial charge in [0.15, 0.2) is 0 Å². The van der Waals surface area contributed by atoms with Crippen molar-refractivity contribution < 1.29 is 14.3 Å². The highest BCUT2D eigenvalue weighted by Gasteiger charge is 2.58. The highest BCUT2D eigenvalue weighted by Crippen LogP contribution is 2.51. The lowest BCUT2D eigenvalue weighted by molar-refractivity contribution is -0.177. The second-order valence-electron chi connectivity index (χ2n) is 6.33. The zero-order valence-corrected chi connectivity index (χ0v) is 12.9. The number of benzene rings is 1. The molecule has 5 heteroatoms. The van der Waals surface area contributed by atoms with E-state index in [1.54, 1.807) is 31.4 Å². The molecule has 2 amide bonds. The highest BCUT2D eigenvalue weighted by atomic mass is 16.5. The molecule has 0 unspecified atom stereocenters. The molecule has 0 aliphatic heterocycles. The van der Waals surface area contributed by atoms with E-state index in [0.29, 0.717) is 11.1 Å². The minimum atomic E-state index is -0.502. The molecule has 114 valence electrons.